The molecule has 5 rings (SSSR count). The fraction of sp³-hybridized carbons (Fsp3) is 0.448. The van der Waals surface area contributed by atoms with Gasteiger partial charge in [0.2, 0.25) is 17.7 Å². The van der Waals surface area contributed by atoms with E-state index in [2.05, 4.69) is 26.2 Å². The molecule has 3 amide bonds. The van der Waals surface area contributed by atoms with Gasteiger partial charge in [0.05, 0.1) is 28.1 Å². The molecule has 2 saturated heterocycles. The Hall–Kier alpha value is -2.82. The van der Waals surface area contributed by atoms with Crippen LogP contribution in [0.4, 0.5) is 0 Å². The molecule has 0 radical (unpaired) electrons. The summed E-state index contributed by atoms with van der Waals surface area (Å²) in [5.41, 5.74) is 4.82. The number of aliphatic hydroxyl groups excluding tert-OH is 1. The molecule has 5 atom stereocenters. The minimum atomic E-state index is -0.795. The Morgan fingerprint density at radius 3 is 2.62 bits per heavy atom. The maximum absolute atomic E-state index is 13.9. The highest BCUT2D eigenvalue weighted by molar-refractivity contribution is 9.11. The first kappa shape index (κ1) is 27.7. The van der Waals surface area contributed by atoms with E-state index in [1.807, 2.05) is 68.8 Å². The second kappa shape index (κ2) is 11.3. The van der Waals surface area contributed by atoms with Gasteiger partial charge in [-0.3, -0.25) is 14.4 Å². The number of thiazole rings is 1. The van der Waals surface area contributed by atoms with E-state index in [0.717, 1.165) is 26.2 Å². The van der Waals surface area contributed by atoms with Gasteiger partial charge in [-0.25, -0.2) is 4.98 Å². The molecule has 10 heteroatoms. The number of fused-ring (bicyclic) bond motifs is 1. The molecule has 3 aliphatic rings. The monoisotopic (exact) mass is 612 g/mol. The number of likely N-dealkylation sites (tertiary alicyclic amines) is 2. The molecule has 206 valence electrons. The fourth-order valence-corrected chi connectivity index (χ4v) is 7.34. The van der Waals surface area contributed by atoms with E-state index >= 15 is 0 Å². The molecule has 39 heavy (non-hydrogen) atoms. The molecule has 1 aromatic carbocycles. The van der Waals surface area contributed by atoms with E-state index in [4.69, 9.17) is 0 Å². The van der Waals surface area contributed by atoms with E-state index in [0.29, 0.717) is 13.1 Å². The van der Waals surface area contributed by atoms with Crippen molar-refractivity contribution in [2.24, 2.45) is 17.8 Å². The minimum absolute atomic E-state index is 0.000529. The van der Waals surface area contributed by atoms with Crippen LogP contribution in [0.15, 0.2) is 52.5 Å². The Morgan fingerprint density at radius 1 is 1.23 bits per heavy atom. The Balaban J connectivity index is 1.27. The van der Waals surface area contributed by atoms with Gasteiger partial charge >= 0.3 is 0 Å². The van der Waals surface area contributed by atoms with Crippen LogP contribution < -0.4 is 5.32 Å². The molecular weight excluding hydrogens is 580 g/mol. The summed E-state index contributed by atoms with van der Waals surface area (Å²) in [7, 11) is 0. The van der Waals surface area contributed by atoms with Crippen molar-refractivity contribution < 1.29 is 19.5 Å². The number of aliphatic hydroxyl groups is 1. The van der Waals surface area contributed by atoms with E-state index in [9.17, 15) is 19.5 Å². The van der Waals surface area contributed by atoms with Crippen molar-refractivity contribution in [2.75, 3.05) is 13.1 Å². The van der Waals surface area contributed by atoms with Gasteiger partial charge in [-0.15, -0.1) is 11.3 Å². The van der Waals surface area contributed by atoms with Gasteiger partial charge in [-0.05, 0) is 24.0 Å². The van der Waals surface area contributed by atoms with Crippen LogP contribution in [-0.2, 0) is 20.9 Å². The summed E-state index contributed by atoms with van der Waals surface area (Å²) in [5, 5.41) is 13.4. The molecule has 8 nitrogen and oxygen atoms in total. The number of rotatable bonds is 7. The lowest BCUT2D eigenvalue weighted by atomic mass is 9.91. The van der Waals surface area contributed by atoms with Crippen LogP contribution >= 0.6 is 27.3 Å². The third-order valence-electron chi connectivity index (χ3n) is 7.81. The number of allylic oxidation sites excluding steroid dienone is 2. The van der Waals surface area contributed by atoms with Crippen LogP contribution in [0, 0.1) is 24.7 Å². The van der Waals surface area contributed by atoms with Crippen LogP contribution in [0.25, 0.3) is 10.4 Å². The number of halogens is 1. The summed E-state index contributed by atoms with van der Waals surface area (Å²) in [5.74, 6) is -1.16. The Labute approximate surface area is 240 Å². The van der Waals surface area contributed by atoms with Crippen LogP contribution in [0.5, 0.6) is 0 Å². The van der Waals surface area contributed by atoms with Crippen LogP contribution in [-0.4, -0.2) is 68.9 Å². The first-order valence-electron chi connectivity index (χ1n) is 13.3. The zero-order valence-electron chi connectivity index (χ0n) is 22.2. The van der Waals surface area contributed by atoms with Crippen LogP contribution in [0.1, 0.15) is 31.5 Å². The molecule has 1 aliphatic carbocycles. The molecule has 2 aliphatic heterocycles. The largest absolute Gasteiger partial charge is 0.391 e. The number of β-amino-alcohol motifs (C(OH)–C–C–N with tert-alkyl or cyclic N) is 1. The predicted molar refractivity (Wildman–Crippen MR) is 154 cm³/mol. The molecule has 2 N–H and O–H groups in total. The molecular formula is C29H33BrN4O4S. The third kappa shape index (κ3) is 5.47. The molecule has 3 heterocycles. The lowest BCUT2D eigenvalue weighted by molar-refractivity contribution is -0.149. The van der Waals surface area contributed by atoms with Crippen molar-refractivity contribution in [1.29, 1.82) is 0 Å². The number of aryl methyl sites for hydroxylation is 1. The quantitative estimate of drug-likeness (QED) is 0.497. The van der Waals surface area contributed by atoms with Gasteiger partial charge in [0.15, 0.2) is 0 Å². The minimum Gasteiger partial charge on any atom is -0.391 e. The molecule has 0 bridgehead atoms. The highest BCUT2D eigenvalue weighted by Gasteiger charge is 2.49. The predicted octanol–water partition coefficient (Wildman–Crippen LogP) is 3.64. The number of nitrogens with zero attached hydrogens (tertiary/aromatic N) is 3. The number of hydrogen-bond donors (Lipinski definition) is 2. The second-order valence-corrected chi connectivity index (χ2v) is 12.6. The number of aromatic nitrogens is 1. The topological polar surface area (TPSA) is 103 Å². The van der Waals surface area contributed by atoms with Gasteiger partial charge in [0, 0.05) is 36.5 Å². The number of carbonyl (C=O) groups excluding carboxylic acids is 3. The summed E-state index contributed by atoms with van der Waals surface area (Å²) >= 11 is 5.11. The SMILES string of the molecule is Cc1ncsc1-c1ccc(CNC(=O)[C@@H]2C[C@@H](O)CN2C(=O)C(C(C)C)N2CC3C=CC=C(Br)C3C2=O)cc1. The van der Waals surface area contributed by atoms with Gasteiger partial charge in [0.25, 0.3) is 0 Å². The van der Waals surface area contributed by atoms with Crippen molar-refractivity contribution in [3.05, 3.63) is 63.7 Å². The summed E-state index contributed by atoms with van der Waals surface area (Å²) in [6.45, 7) is 6.63. The fourth-order valence-electron chi connectivity index (χ4n) is 5.84. The first-order chi connectivity index (χ1) is 18.7. The number of amides is 3. The first-order valence-corrected chi connectivity index (χ1v) is 14.9. The zero-order chi connectivity index (χ0) is 27.8. The molecule has 2 aromatic rings. The van der Waals surface area contributed by atoms with E-state index < -0.39 is 18.2 Å². The number of hydrogen-bond acceptors (Lipinski definition) is 6. The van der Waals surface area contributed by atoms with Crippen molar-refractivity contribution in [2.45, 2.75) is 51.9 Å². The lowest BCUT2D eigenvalue weighted by Gasteiger charge is -2.35. The lowest BCUT2D eigenvalue weighted by Crippen LogP contribution is -2.56. The highest BCUT2D eigenvalue weighted by atomic mass is 79.9. The maximum Gasteiger partial charge on any atom is 0.246 e. The Morgan fingerprint density at radius 2 is 1.97 bits per heavy atom. The average Bonchev–Trinajstić information content (AvgIpc) is 3.60. The van der Waals surface area contributed by atoms with Crippen LogP contribution in [0.3, 0.4) is 0 Å². The summed E-state index contributed by atoms with van der Waals surface area (Å²) in [4.78, 5) is 49.1. The Kier molecular flexibility index (Phi) is 8.07. The average molecular weight is 614 g/mol. The van der Waals surface area contributed by atoms with Crippen molar-refractivity contribution in [3.8, 4) is 10.4 Å². The second-order valence-electron chi connectivity index (χ2n) is 10.8. The highest BCUT2D eigenvalue weighted by Crippen LogP contribution is 2.39. The van der Waals surface area contributed by atoms with E-state index in [1.165, 1.54) is 4.90 Å². The number of benzene rings is 1. The van der Waals surface area contributed by atoms with Gasteiger partial charge in [-0.2, -0.15) is 0 Å². The van der Waals surface area contributed by atoms with Gasteiger partial charge in [-0.1, -0.05) is 72.3 Å². The maximum atomic E-state index is 13.9. The van der Waals surface area contributed by atoms with Crippen LogP contribution in [0.2, 0.25) is 0 Å². The molecule has 1 aromatic heterocycles. The summed E-state index contributed by atoms with van der Waals surface area (Å²) in [6, 6.07) is 6.46. The third-order valence-corrected chi connectivity index (χ3v) is 9.54. The normalized spacial score (nSPS) is 25.2. The smallest absolute Gasteiger partial charge is 0.246 e. The molecule has 2 fully saturated rings. The molecule has 3 unspecified atom stereocenters. The molecule has 0 spiro atoms. The Bertz CT molecular complexity index is 1320. The summed E-state index contributed by atoms with van der Waals surface area (Å²) < 4.78 is 0.821. The van der Waals surface area contributed by atoms with Gasteiger partial charge in [0.1, 0.15) is 12.1 Å². The standard InChI is InChI=1S/C29H33BrN4O4S/c1-16(2)25(34-13-20-5-4-6-22(30)24(20)28(34)37)29(38)33-14-21(35)11-23(33)27(36)31-12-18-7-9-19(10-8-18)26-17(3)32-15-39-26/h4-10,15-16,20-21,23-25,35H,11-14H2,1-3H3,(H,31,36)/t20?,21-,23+,24?,25?/m1/s1. The van der Waals surface area contributed by atoms with E-state index in [1.54, 1.807) is 16.2 Å². The van der Waals surface area contributed by atoms with Crippen molar-refractivity contribution in [1.82, 2.24) is 20.1 Å². The van der Waals surface area contributed by atoms with Gasteiger partial charge < -0.3 is 20.2 Å². The number of nitrogens with one attached hydrogen (secondary N) is 1. The van der Waals surface area contributed by atoms with Crippen molar-refractivity contribution >= 4 is 45.0 Å². The molecule has 0 saturated carbocycles. The summed E-state index contributed by atoms with van der Waals surface area (Å²) in [6.07, 6.45) is 5.19. The van der Waals surface area contributed by atoms with Crippen molar-refractivity contribution in [3.63, 3.8) is 0 Å². The zero-order valence-corrected chi connectivity index (χ0v) is 24.6. The van der Waals surface area contributed by atoms with E-state index in [-0.39, 0.29) is 48.4 Å². The number of carbonyl (C=O) groups is 3.